The van der Waals surface area contributed by atoms with Crippen LogP contribution in [0.25, 0.3) is 0 Å². The number of carbonyl (C=O) groups is 3. The Balaban J connectivity index is 2.34. The highest BCUT2D eigenvalue weighted by atomic mass is 16.5. The molecule has 0 spiro atoms. The lowest BCUT2D eigenvalue weighted by molar-refractivity contribution is -0.139. The molecule has 1 unspecified atom stereocenters. The van der Waals surface area contributed by atoms with Crippen LogP contribution in [-0.2, 0) is 36.4 Å². The van der Waals surface area contributed by atoms with Crippen molar-refractivity contribution in [2.45, 2.75) is 109 Å². The largest absolute Gasteiger partial charge is 0.481 e. The summed E-state index contributed by atoms with van der Waals surface area (Å²) in [4.78, 5) is 35.0. The van der Waals surface area contributed by atoms with Gasteiger partial charge in [0.1, 0.15) is 12.0 Å². The fraction of sp³-hybridized carbons (Fsp3) is 0.667. The van der Waals surface area contributed by atoms with Gasteiger partial charge in [0.15, 0.2) is 0 Å². The summed E-state index contributed by atoms with van der Waals surface area (Å²) < 4.78 is 6.32. The van der Waals surface area contributed by atoms with Crippen molar-refractivity contribution in [3.8, 4) is 0 Å². The average molecular weight is 475 g/mol. The van der Waals surface area contributed by atoms with E-state index >= 15 is 0 Å². The molecule has 1 aromatic rings. The van der Waals surface area contributed by atoms with Crippen LogP contribution in [0.4, 0.5) is 0 Å². The normalized spacial score (nSPS) is 20.9. The molecule has 190 valence electrons. The van der Waals surface area contributed by atoms with Gasteiger partial charge in [-0.05, 0) is 53.7 Å². The number of carboxylic acid groups (broad SMARTS) is 1. The van der Waals surface area contributed by atoms with Crippen LogP contribution in [0.1, 0.15) is 90.8 Å². The lowest BCUT2D eigenvalue weighted by Gasteiger charge is -2.41. The topological polar surface area (TPSA) is 105 Å². The van der Waals surface area contributed by atoms with Gasteiger partial charge in [-0.1, -0.05) is 59.7 Å². The number of hydrogen-bond donors (Lipinski definition) is 3. The minimum atomic E-state index is -1.14. The second-order valence-electron chi connectivity index (χ2n) is 11.6. The van der Waals surface area contributed by atoms with E-state index in [2.05, 4.69) is 70.4 Å². The van der Waals surface area contributed by atoms with E-state index in [0.29, 0.717) is 19.3 Å². The van der Waals surface area contributed by atoms with Crippen LogP contribution < -0.4 is 10.6 Å². The maximum absolute atomic E-state index is 12.8. The number of ether oxygens (including phenoxy) is 1. The number of hydrogen-bond acceptors (Lipinski definition) is 5. The van der Waals surface area contributed by atoms with Crippen LogP contribution in [0, 0.1) is 0 Å². The number of nitrogens with one attached hydrogen (secondary N) is 2. The van der Waals surface area contributed by atoms with Crippen molar-refractivity contribution in [2.75, 3.05) is 6.61 Å². The third-order valence-corrected chi connectivity index (χ3v) is 6.37. The van der Waals surface area contributed by atoms with E-state index in [1.165, 1.54) is 16.7 Å². The average Bonchev–Trinajstić information content (AvgIpc) is 2.71. The van der Waals surface area contributed by atoms with Crippen LogP contribution in [0.15, 0.2) is 18.2 Å². The molecular formula is C27H42N2O5. The molecule has 7 nitrogen and oxygen atoms in total. The molecule has 3 N–H and O–H groups in total. The van der Waals surface area contributed by atoms with Crippen LogP contribution >= 0.6 is 0 Å². The third-order valence-electron chi connectivity index (χ3n) is 6.37. The fourth-order valence-electron chi connectivity index (χ4n) is 4.49. The first-order chi connectivity index (χ1) is 15.7. The number of carboxylic acids is 1. The van der Waals surface area contributed by atoms with Gasteiger partial charge < -0.3 is 20.0 Å². The molecule has 1 aromatic carbocycles. The first-order valence-electron chi connectivity index (χ1n) is 12.2. The van der Waals surface area contributed by atoms with Crippen molar-refractivity contribution >= 4 is 18.2 Å². The Labute approximate surface area is 204 Å². The van der Waals surface area contributed by atoms with E-state index in [1.54, 1.807) is 6.92 Å². The summed E-state index contributed by atoms with van der Waals surface area (Å²) in [6, 6.07) is 4.95. The van der Waals surface area contributed by atoms with Gasteiger partial charge in [-0.25, -0.2) is 0 Å². The van der Waals surface area contributed by atoms with Gasteiger partial charge in [-0.2, -0.15) is 0 Å². The highest BCUT2D eigenvalue weighted by Crippen LogP contribution is 2.35. The maximum atomic E-state index is 12.8. The molecule has 0 radical (unpaired) electrons. The molecule has 0 saturated carbocycles. The number of benzene rings is 1. The fourth-order valence-corrected chi connectivity index (χ4v) is 4.49. The van der Waals surface area contributed by atoms with Crippen LogP contribution in [0.2, 0.25) is 0 Å². The molecule has 1 fully saturated rings. The van der Waals surface area contributed by atoms with Gasteiger partial charge in [0, 0.05) is 13.0 Å². The molecule has 3 atom stereocenters. The molecule has 1 heterocycles. The highest BCUT2D eigenvalue weighted by Gasteiger charge is 2.38. The molecule has 1 aliphatic heterocycles. The third kappa shape index (κ3) is 7.64. The molecule has 1 amide bonds. The Bertz CT molecular complexity index is 876. The number of rotatable bonds is 9. The van der Waals surface area contributed by atoms with Crippen molar-refractivity contribution in [3.63, 3.8) is 0 Å². The minimum Gasteiger partial charge on any atom is -0.481 e. The van der Waals surface area contributed by atoms with Crippen molar-refractivity contribution in [2.24, 2.45) is 0 Å². The van der Waals surface area contributed by atoms with Crippen LogP contribution in [0.5, 0.6) is 0 Å². The Morgan fingerprint density at radius 2 is 1.82 bits per heavy atom. The Morgan fingerprint density at radius 1 is 1.15 bits per heavy atom. The van der Waals surface area contributed by atoms with Crippen molar-refractivity contribution in [1.82, 2.24) is 10.6 Å². The second-order valence-corrected chi connectivity index (χ2v) is 11.6. The highest BCUT2D eigenvalue weighted by molar-refractivity contribution is 5.85. The maximum Gasteiger partial charge on any atom is 0.305 e. The van der Waals surface area contributed by atoms with Gasteiger partial charge in [0.25, 0.3) is 0 Å². The standard InChI is InChI=1S/C27H42N2O5/c1-18(24(33)28-21(17-30)15-23(31)32)29-27(12-8-9-13-34-27)16-19-14-20(25(2,3)4)10-11-22(19)26(5,6)7/h10-11,14,17-18,21,29H,8-9,12-13,15-16H2,1-7H3,(H,28,33)(H,31,32)/t18-,21-,27?/m0/s1. The number of amides is 1. The van der Waals surface area contributed by atoms with E-state index < -0.39 is 36.1 Å². The van der Waals surface area contributed by atoms with Gasteiger partial charge in [0.2, 0.25) is 5.91 Å². The van der Waals surface area contributed by atoms with E-state index in [1.807, 2.05) is 0 Å². The molecule has 1 aliphatic rings. The molecule has 1 saturated heterocycles. The molecule has 34 heavy (non-hydrogen) atoms. The van der Waals surface area contributed by atoms with Crippen LogP contribution in [0.3, 0.4) is 0 Å². The monoisotopic (exact) mass is 474 g/mol. The van der Waals surface area contributed by atoms with Crippen LogP contribution in [-0.4, -0.2) is 47.7 Å². The quantitative estimate of drug-likeness (QED) is 0.470. The smallest absolute Gasteiger partial charge is 0.305 e. The zero-order valence-corrected chi connectivity index (χ0v) is 21.8. The lowest BCUT2D eigenvalue weighted by atomic mass is 9.77. The summed E-state index contributed by atoms with van der Waals surface area (Å²) in [6.07, 6.45) is 3.30. The Kier molecular flexibility index (Phi) is 9.05. The predicted molar refractivity (Wildman–Crippen MR) is 133 cm³/mol. The second kappa shape index (κ2) is 11.0. The van der Waals surface area contributed by atoms with Gasteiger partial charge in [-0.15, -0.1) is 0 Å². The molecule has 0 bridgehead atoms. The summed E-state index contributed by atoms with van der Waals surface area (Å²) in [5, 5.41) is 14.9. The Hall–Kier alpha value is -2.25. The summed E-state index contributed by atoms with van der Waals surface area (Å²) in [6.45, 7) is 15.5. The summed E-state index contributed by atoms with van der Waals surface area (Å²) in [7, 11) is 0. The van der Waals surface area contributed by atoms with Gasteiger partial charge in [0.05, 0.1) is 18.5 Å². The summed E-state index contributed by atoms with van der Waals surface area (Å²) >= 11 is 0. The molecule has 7 heteroatoms. The summed E-state index contributed by atoms with van der Waals surface area (Å²) in [5.74, 6) is -1.56. The van der Waals surface area contributed by atoms with Gasteiger partial charge in [-0.3, -0.25) is 14.9 Å². The first kappa shape index (κ1) is 28.0. The summed E-state index contributed by atoms with van der Waals surface area (Å²) in [5.41, 5.74) is 2.90. The van der Waals surface area contributed by atoms with E-state index in [9.17, 15) is 14.4 Å². The van der Waals surface area contributed by atoms with Gasteiger partial charge >= 0.3 is 5.97 Å². The number of aldehydes is 1. The molecule has 0 aliphatic carbocycles. The SMILES string of the molecule is C[C@H](NC1(Cc2cc(C(C)(C)C)ccc2C(C)(C)C)CCCCO1)C(=O)N[C@H](C=O)CC(=O)O. The molecule has 2 rings (SSSR count). The van der Waals surface area contributed by atoms with E-state index in [-0.39, 0.29) is 10.8 Å². The number of carbonyl (C=O) groups excluding carboxylic acids is 2. The molecular weight excluding hydrogens is 432 g/mol. The Morgan fingerprint density at radius 3 is 2.32 bits per heavy atom. The zero-order valence-electron chi connectivity index (χ0n) is 21.8. The van der Waals surface area contributed by atoms with Crippen molar-refractivity contribution in [3.05, 3.63) is 34.9 Å². The first-order valence-corrected chi connectivity index (χ1v) is 12.2. The van der Waals surface area contributed by atoms with E-state index in [0.717, 1.165) is 19.3 Å². The number of aliphatic carboxylic acids is 1. The zero-order chi connectivity index (χ0) is 25.7. The van der Waals surface area contributed by atoms with E-state index in [4.69, 9.17) is 9.84 Å². The predicted octanol–water partition coefficient (Wildman–Crippen LogP) is 3.86. The minimum absolute atomic E-state index is 0.000336. The lowest BCUT2D eigenvalue weighted by Crippen LogP contribution is -2.59. The molecule has 0 aromatic heterocycles. The van der Waals surface area contributed by atoms with Crippen molar-refractivity contribution < 1.29 is 24.2 Å². The van der Waals surface area contributed by atoms with Crippen molar-refractivity contribution in [1.29, 1.82) is 0 Å².